The van der Waals surface area contributed by atoms with E-state index in [4.69, 9.17) is 4.74 Å². The molecule has 0 bridgehead atoms. The summed E-state index contributed by atoms with van der Waals surface area (Å²) in [7, 11) is 0. The fourth-order valence-corrected chi connectivity index (χ4v) is 5.71. The number of aliphatic hydroxyl groups excluding tert-OH is 1. The predicted molar refractivity (Wildman–Crippen MR) is 87.9 cm³/mol. The molecule has 2 heteroatoms. The van der Waals surface area contributed by atoms with Crippen LogP contribution in [0.1, 0.15) is 74.7 Å². The molecule has 1 saturated heterocycles. The minimum Gasteiger partial charge on any atom is -0.368 e. The lowest BCUT2D eigenvalue weighted by Crippen LogP contribution is -2.52. The average molecular weight is 296 g/mol. The molecule has 5 atom stereocenters. The molecule has 21 heavy (non-hydrogen) atoms. The number of hydrogen-bond acceptors (Lipinski definition) is 2. The van der Waals surface area contributed by atoms with E-state index in [-0.39, 0.29) is 28.3 Å². The van der Waals surface area contributed by atoms with Crippen molar-refractivity contribution in [3.63, 3.8) is 0 Å². The van der Waals surface area contributed by atoms with E-state index in [0.717, 1.165) is 12.8 Å². The van der Waals surface area contributed by atoms with Crippen LogP contribution in [0.5, 0.6) is 0 Å². The monoisotopic (exact) mass is 296 g/mol. The lowest BCUT2D eigenvalue weighted by atomic mass is 9.64. The molecule has 1 aliphatic heterocycles. The zero-order valence-electron chi connectivity index (χ0n) is 15.4. The lowest BCUT2D eigenvalue weighted by molar-refractivity contribution is -0.255. The fourth-order valence-electron chi connectivity index (χ4n) is 5.71. The van der Waals surface area contributed by atoms with E-state index in [2.05, 4.69) is 55.4 Å². The van der Waals surface area contributed by atoms with Gasteiger partial charge in [0.2, 0.25) is 0 Å². The van der Waals surface area contributed by atoms with Crippen molar-refractivity contribution in [2.75, 3.05) is 0 Å². The molecule has 1 N–H and O–H groups in total. The second-order valence-corrected chi connectivity index (χ2v) is 10.1. The third kappa shape index (κ3) is 3.17. The van der Waals surface area contributed by atoms with E-state index in [1.807, 2.05) is 0 Å². The maximum Gasteiger partial charge on any atom is 0.158 e. The van der Waals surface area contributed by atoms with Gasteiger partial charge in [0, 0.05) is 5.92 Å². The summed E-state index contributed by atoms with van der Waals surface area (Å²) in [6.45, 7) is 18.5. The van der Waals surface area contributed by atoms with Gasteiger partial charge in [-0.05, 0) is 40.9 Å². The van der Waals surface area contributed by atoms with Gasteiger partial charge in [0.15, 0.2) is 6.29 Å². The second kappa shape index (κ2) is 5.23. The second-order valence-electron chi connectivity index (χ2n) is 10.1. The highest BCUT2D eigenvalue weighted by molar-refractivity contribution is 5.07. The van der Waals surface area contributed by atoms with E-state index >= 15 is 0 Å². The van der Waals surface area contributed by atoms with Gasteiger partial charge in [-0.3, -0.25) is 0 Å². The van der Waals surface area contributed by atoms with Crippen molar-refractivity contribution in [2.24, 2.45) is 34.0 Å². The molecule has 0 amide bonds. The summed E-state index contributed by atoms with van der Waals surface area (Å²) in [6.07, 6.45) is 2.95. The third-order valence-corrected chi connectivity index (χ3v) is 5.95. The molecule has 0 aromatic heterocycles. The Hall–Kier alpha value is -0.0800. The number of hydrogen-bond donors (Lipinski definition) is 1. The molecular formula is C19H36O2. The van der Waals surface area contributed by atoms with Crippen molar-refractivity contribution in [3.05, 3.63) is 0 Å². The molecule has 0 aromatic rings. The van der Waals surface area contributed by atoms with Crippen LogP contribution in [-0.4, -0.2) is 17.5 Å². The third-order valence-electron chi connectivity index (χ3n) is 5.95. The highest BCUT2D eigenvalue weighted by Crippen LogP contribution is 2.63. The van der Waals surface area contributed by atoms with Crippen molar-refractivity contribution < 1.29 is 9.84 Å². The van der Waals surface area contributed by atoms with Crippen LogP contribution in [-0.2, 0) is 4.74 Å². The largest absolute Gasteiger partial charge is 0.368 e. The SMILES string of the molecule is CCC1C(CC(C)(C)C)OC(O)C2C1C(C)(C)CC2(C)C. The summed E-state index contributed by atoms with van der Waals surface area (Å²) in [5, 5.41) is 10.7. The van der Waals surface area contributed by atoms with E-state index in [1.54, 1.807) is 0 Å². The maximum absolute atomic E-state index is 10.7. The molecule has 2 fully saturated rings. The summed E-state index contributed by atoms with van der Waals surface area (Å²) < 4.78 is 6.16. The molecule has 2 nitrogen and oxygen atoms in total. The summed E-state index contributed by atoms with van der Waals surface area (Å²) in [4.78, 5) is 0. The Morgan fingerprint density at radius 1 is 1.05 bits per heavy atom. The Kier molecular flexibility index (Phi) is 4.30. The fraction of sp³-hybridized carbons (Fsp3) is 1.00. The van der Waals surface area contributed by atoms with E-state index < -0.39 is 6.29 Å². The van der Waals surface area contributed by atoms with Gasteiger partial charge in [-0.25, -0.2) is 0 Å². The minimum absolute atomic E-state index is 0.160. The molecule has 2 aliphatic rings. The Bertz CT molecular complexity index is 378. The van der Waals surface area contributed by atoms with Gasteiger partial charge in [-0.15, -0.1) is 0 Å². The van der Waals surface area contributed by atoms with Crippen molar-refractivity contribution in [3.8, 4) is 0 Å². The van der Waals surface area contributed by atoms with Gasteiger partial charge in [-0.1, -0.05) is 61.8 Å². The zero-order chi connectivity index (χ0) is 16.2. The Balaban J connectivity index is 2.35. The van der Waals surface area contributed by atoms with Crippen LogP contribution >= 0.6 is 0 Å². The molecule has 5 unspecified atom stereocenters. The van der Waals surface area contributed by atoms with Crippen molar-refractivity contribution >= 4 is 0 Å². The Morgan fingerprint density at radius 2 is 1.57 bits per heavy atom. The molecule has 1 heterocycles. The number of fused-ring (bicyclic) bond motifs is 1. The molecule has 124 valence electrons. The zero-order valence-corrected chi connectivity index (χ0v) is 15.4. The van der Waals surface area contributed by atoms with Crippen LogP contribution in [0.25, 0.3) is 0 Å². The van der Waals surface area contributed by atoms with E-state index in [0.29, 0.717) is 11.8 Å². The Labute approximate surface area is 131 Å². The average Bonchev–Trinajstić information content (AvgIpc) is 2.42. The number of rotatable bonds is 2. The van der Waals surface area contributed by atoms with Crippen LogP contribution in [0.2, 0.25) is 0 Å². The van der Waals surface area contributed by atoms with Crippen LogP contribution in [0.15, 0.2) is 0 Å². The minimum atomic E-state index is -0.595. The predicted octanol–water partition coefficient (Wildman–Crippen LogP) is 4.85. The van der Waals surface area contributed by atoms with Gasteiger partial charge in [-0.2, -0.15) is 0 Å². The molecular weight excluding hydrogens is 260 g/mol. The van der Waals surface area contributed by atoms with E-state index in [1.165, 1.54) is 6.42 Å². The van der Waals surface area contributed by atoms with Gasteiger partial charge < -0.3 is 9.84 Å². The topological polar surface area (TPSA) is 29.5 Å². The lowest BCUT2D eigenvalue weighted by Gasteiger charge is -2.50. The first-order valence-corrected chi connectivity index (χ1v) is 8.72. The summed E-state index contributed by atoms with van der Waals surface area (Å²) >= 11 is 0. The van der Waals surface area contributed by atoms with Crippen molar-refractivity contribution in [1.29, 1.82) is 0 Å². The first-order chi connectivity index (χ1) is 9.39. The van der Waals surface area contributed by atoms with Crippen LogP contribution < -0.4 is 0 Å². The van der Waals surface area contributed by atoms with Gasteiger partial charge in [0.05, 0.1) is 6.10 Å². The molecule has 0 spiro atoms. The molecule has 2 rings (SSSR count). The van der Waals surface area contributed by atoms with Crippen LogP contribution in [0.3, 0.4) is 0 Å². The van der Waals surface area contributed by atoms with Gasteiger partial charge in [0.1, 0.15) is 0 Å². The van der Waals surface area contributed by atoms with Crippen molar-refractivity contribution in [2.45, 2.75) is 87.0 Å². The van der Waals surface area contributed by atoms with E-state index in [9.17, 15) is 5.11 Å². The molecule has 1 aliphatic carbocycles. The van der Waals surface area contributed by atoms with Gasteiger partial charge >= 0.3 is 0 Å². The van der Waals surface area contributed by atoms with Crippen LogP contribution in [0.4, 0.5) is 0 Å². The normalized spacial score (nSPS) is 41.9. The highest BCUT2D eigenvalue weighted by Gasteiger charge is 2.61. The quantitative estimate of drug-likeness (QED) is 0.789. The maximum atomic E-state index is 10.7. The first-order valence-electron chi connectivity index (χ1n) is 8.72. The highest BCUT2D eigenvalue weighted by atomic mass is 16.6. The number of ether oxygens (including phenoxy) is 1. The van der Waals surface area contributed by atoms with Crippen LogP contribution in [0, 0.1) is 34.0 Å². The Morgan fingerprint density at radius 3 is 2.05 bits per heavy atom. The standard InChI is InChI=1S/C19H36O2/c1-9-12-13(10-17(2,3)4)21-16(20)15-14(12)18(5,6)11-19(15,7)8/h12-16,20H,9-11H2,1-8H3. The molecule has 1 saturated carbocycles. The molecule has 0 radical (unpaired) electrons. The van der Waals surface area contributed by atoms with Gasteiger partial charge in [0.25, 0.3) is 0 Å². The smallest absolute Gasteiger partial charge is 0.158 e. The summed E-state index contributed by atoms with van der Waals surface area (Å²) in [5.74, 6) is 1.40. The van der Waals surface area contributed by atoms with Crippen molar-refractivity contribution in [1.82, 2.24) is 0 Å². The molecule has 0 aromatic carbocycles. The summed E-state index contributed by atoms with van der Waals surface area (Å²) in [5.41, 5.74) is 0.687. The summed E-state index contributed by atoms with van der Waals surface area (Å²) in [6, 6.07) is 0. The number of aliphatic hydroxyl groups is 1. The first kappa shape index (κ1) is 17.3.